The van der Waals surface area contributed by atoms with E-state index in [2.05, 4.69) is 20.9 Å². The third kappa shape index (κ3) is 3.90. The Hall–Kier alpha value is -3.83. The van der Waals surface area contributed by atoms with Gasteiger partial charge in [0.1, 0.15) is 5.75 Å². The van der Waals surface area contributed by atoms with E-state index in [4.69, 9.17) is 13.9 Å². The Kier molecular flexibility index (Phi) is 6.19. The molecule has 2 aromatic carbocycles. The topological polar surface area (TPSA) is 122 Å². The molecule has 11 heteroatoms. The molecule has 5 rings (SSSR count). The van der Waals surface area contributed by atoms with E-state index in [9.17, 15) is 19.8 Å². The molecule has 0 spiro atoms. The van der Waals surface area contributed by atoms with Crippen molar-refractivity contribution in [1.82, 2.24) is 4.98 Å². The molecule has 3 heterocycles. The number of benzene rings is 2. The average Bonchev–Trinajstić information content (AvgIpc) is 3.59. The van der Waals surface area contributed by atoms with Crippen LogP contribution < -0.4 is 14.4 Å². The number of fused-ring (bicyclic) bond motifs is 1. The highest BCUT2D eigenvalue weighted by atomic mass is 79.9. The third-order valence-corrected chi connectivity index (χ3v) is 7.27. The molecule has 1 atom stereocenters. The molecule has 1 amide bonds. The molecule has 2 aromatic heterocycles. The van der Waals surface area contributed by atoms with Gasteiger partial charge >= 0.3 is 0 Å². The SMILES string of the molecule is CCOc1ccc2nc(N3C(=O)C(O)=C(C(=O)c4ccco4)C3c3cc(Br)c(O)c(OC)c3)sc2c1. The van der Waals surface area contributed by atoms with Gasteiger partial charge in [0.15, 0.2) is 28.1 Å². The number of furan rings is 1. The quantitative estimate of drug-likeness (QED) is 0.277. The Labute approximate surface area is 217 Å². The van der Waals surface area contributed by atoms with Gasteiger partial charge in [0.25, 0.3) is 5.91 Å². The average molecular weight is 571 g/mol. The molecule has 9 nitrogen and oxygen atoms in total. The number of carbonyl (C=O) groups is 2. The van der Waals surface area contributed by atoms with E-state index in [1.807, 2.05) is 13.0 Å². The van der Waals surface area contributed by atoms with Gasteiger partial charge in [-0.3, -0.25) is 14.5 Å². The molecule has 0 saturated carbocycles. The lowest BCUT2D eigenvalue weighted by molar-refractivity contribution is -0.117. The van der Waals surface area contributed by atoms with Crippen molar-refractivity contribution in [3.05, 3.63) is 75.9 Å². The Morgan fingerprint density at radius 1 is 1.25 bits per heavy atom. The number of methoxy groups -OCH3 is 1. The summed E-state index contributed by atoms with van der Waals surface area (Å²) in [4.78, 5) is 32.7. The number of nitrogens with zero attached hydrogens (tertiary/aromatic N) is 2. The van der Waals surface area contributed by atoms with Crippen LogP contribution in [-0.4, -0.2) is 40.6 Å². The van der Waals surface area contributed by atoms with Crippen LogP contribution in [0.15, 0.2) is 68.9 Å². The molecular weight excluding hydrogens is 552 g/mol. The van der Waals surface area contributed by atoms with Crippen molar-refractivity contribution < 1.29 is 33.7 Å². The highest BCUT2D eigenvalue weighted by Gasteiger charge is 2.47. The maximum absolute atomic E-state index is 13.4. The molecule has 0 aliphatic carbocycles. The number of halogens is 1. The normalized spacial score (nSPS) is 15.7. The number of aromatic nitrogens is 1. The molecule has 0 radical (unpaired) electrons. The van der Waals surface area contributed by atoms with Crippen LogP contribution in [0.25, 0.3) is 10.2 Å². The van der Waals surface area contributed by atoms with Gasteiger partial charge in [-0.2, -0.15) is 0 Å². The van der Waals surface area contributed by atoms with Gasteiger partial charge in [-0.15, -0.1) is 0 Å². The molecule has 36 heavy (non-hydrogen) atoms. The van der Waals surface area contributed by atoms with E-state index in [-0.39, 0.29) is 32.4 Å². The molecule has 184 valence electrons. The summed E-state index contributed by atoms with van der Waals surface area (Å²) in [6, 6.07) is 10.3. The number of Topliss-reactive ketones (excluding diaryl/α,β-unsaturated/α-hetero) is 1. The standard InChI is InChI=1S/C25H19BrN2O7S/c1-3-34-13-6-7-15-18(11-13)36-25(27-15)28-20(12-9-14(26)21(29)17(10-12)33-2)19(23(31)24(28)32)22(30)16-5-4-8-35-16/h4-11,20,29,31H,3H2,1-2H3. The monoisotopic (exact) mass is 570 g/mol. The number of phenolic OH excluding ortho intramolecular Hbond substituents is 1. The van der Waals surface area contributed by atoms with E-state index in [0.717, 1.165) is 4.70 Å². The number of amides is 1. The Bertz CT molecular complexity index is 1530. The zero-order valence-electron chi connectivity index (χ0n) is 19.0. The summed E-state index contributed by atoms with van der Waals surface area (Å²) in [6.45, 7) is 2.38. The van der Waals surface area contributed by atoms with Gasteiger partial charge in [0.2, 0.25) is 5.78 Å². The zero-order chi connectivity index (χ0) is 25.6. The number of aromatic hydroxyl groups is 1. The number of thiazole rings is 1. The van der Waals surface area contributed by atoms with E-state index in [1.165, 1.54) is 47.8 Å². The molecule has 1 aliphatic rings. The lowest BCUT2D eigenvalue weighted by atomic mass is 9.95. The fraction of sp³-hybridized carbons (Fsp3) is 0.160. The van der Waals surface area contributed by atoms with Gasteiger partial charge in [-0.25, -0.2) is 4.98 Å². The molecule has 4 aromatic rings. The van der Waals surface area contributed by atoms with Crippen molar-refractivity contribution in [3.63, 3.8) is 0 Å². The molecular formula is C25H19BrN2O7S. The number of anilines is 1. The first-order chi connectivity index (χ1) is 17.3. The molecule has 0 bridgehead atoms. The van der Waals surface area contributed by atoms with Crippen molar-refractivity contribution in [2.75, 3.05) is 18.6 Å². The van der Waals surface area contributed by atoms with Gasteiger partial charge in [0, 0.05) is 0 Å². The minimum absolute atomic E-state index is 0.0355. The fourth-order valence-corrected chi connectivity index (χ4v) is 5.53. The Morgan fingerprint density at radius 2 is 2.06 bits per heavy atom. The number of aliphatic hydroxyl groups excluding tert-OH is 1. The van der Waals surface area contributed by atoms with E-state index < -0.39 is 23.5 Å². The summed E-state index contributed by atoms with van der Waals surface area (Å²) in [5.74, 6) is -1.55. The number of phenols is 1. The van der Waals surface area contributed by atoms with Crippen molar-refractivity contribution in [3.8, 4) is 17.2 Å². The number of hydrogen-bond acceptors (Lipinski definition) is 9. The number of ether oxygens (including phenoxy) is 2. The zero-order valence-corrected chi connectivity index (χ0v) is 21.4. The van der Waals surface area contributed by atoms with E-state index in [1.54, 1.807) is 18.2 Å². The van der Waals surface area contributed by atoms with Crippen LogP contribution in [-0.2, 0) is 4.79 Å². The summed E-state index contributed by atoms with van der Waals surface area (Å²) in [6.07, 6.45) is 1.33. The van der Waals surface area contributed by atoms with E-state index in [0.29, 0.717) is 23.4 Å². The first-order valence-corrected chi connectivity index (χ1v) is 12.4. The van der Waals surface area contributed by atoms with Crippen LogP contribution in [0.4, 0.5) is 5.13 Å². The largest absolute Gasteiger partial charge is 0.503 e. The van der Waals surface area contributed by atoms with Gasteiger partial charge < -0.3 is 24.1 Å². The molecule has 1 unspecified atom stereocenters. The predicted octanol–water partition coefficient (Wildman–Crippen LogP) is 5.55. The van der Waals surface area contributed by atoms with Crippen molar-refractivity contribution >= 4 is 54.3 Å². The Morgan fingerprint density at radius 3 is 2.75 bits per heavy atom. The number of ketones is 1. The van der Waals surface area contributed by atoms with Crippen LogP contribution in [0.3, 0.4) is 0 Å². The second-order valence-corrected chi connectivity index (χ2v) is 9.62. The lowest BCUT2D eigenvalue weighted by Gasteiger charge is -2.25. The first-order valence-electron chi connectivity index (χ1n) is 10.8. The van der Waals surface area contributed by atoms with Crippen LogP contribution in [0.1, 0.15) is 29.1 Å². The number of carbonyl (C=O) groups excluding carboxylic acids is 2. The van der Waals surface area contributed by atoms with Crippen LogP contribution >= 0.6 is 27.3 Å². The second kappa shape index (κ2) is 9.32. The number of aliphatic hydroxyl groups is 1. The third-order valence-electron chi connectivity index (χ3n) is 5.65. The van der Waals surface area contributed by atoms with Crippen LogP contribution in [0.2, 0.25) is 0 Å². The molecule has 0 saturated heterocycles. The first kappa shape index (κ1) is 23.9. The maximum atomic E-state index is 13.4. The molecule has 1 aliphatic heterocycles. The minimum Gasteiger partial charge on any atom is -0.503 e. The van der Waals surface area contributed by atoms with Crippen LogP contribution in [0.5, 0.6) is 17.2 Å². The van der Waals surface area contributed by atoms with E-state index >= 15 is 0 Å². The summed E-state index contributed by atoms with van der Waals surface area (Å²) < 4.78 is 17.2. The van der Waals surface area contributed by atoms with Gasteiger partial charge in [0.05, 0.1) is 46.3 Å². The smallest absolute Gasteiger partial charge is 0.296 e. The van der Waals surface area contributed by atoms with Crippen molar-refractivity contribution in [2.24, 2.45) is 0 Å². The van der Waals surface area contributed by atoms with Crippen LogP contribution in [0, 0.1) is 0 Å². The predicted molar refractivity (Wildman–Crippen MR) is 136 cm³/mol. The van der Waals surface area contributed by atoms with Gasteiger partial charge in [-0.05, 0) is 70.9 Å². The molecule has 2 N–H and O–H groups in total. The molecule has 0 fully saturated rings. The number of rotatable bonds is 7. The maximum Gasteiger partial charge on any atom is 0.296 e. The summed E-state index contributed by atoms with van der Waals surface area (Å²) in [7, 11) is 1.38. The summed E-state index contributed by atoms with van der Waals surface area (Å²) >= 11 is 4.51. The van der Waals surface area contributed by atoms with Crippen molar-refractivity contribution in [1.29, 1.82) is 0 Å². The summed E-state index contributed by atoms with van der Waals surface area (Å²) in [5, 5.41) is 21.5. The highest BCUT2D eigenvalue weighted by Crippen LogP contribution is 2.47. The van der Waals surface area contributed by atoms with Crippen molar-refractivity contribution in [2.45, 2.75) is 13.0 Å². The fourth-order valence-electron chi connectivity index (χ4n) is 4.05. The highest BCUT2D eigenvalue weighted by molar-refractivity contribution is 9.10. The summed E-state index contributed by atoms with van der Waals surface area (Å²) in [5.41, 5.74) is 0.849. The second-order valence-electron chi connectivity index (χ2n) is 7.76. The minimum atomic E-state index is -1.08. The lowest BCUT2D eigenvalue weighted by Crippen LogP contribution is -2.31. The Balaban J connectivity index is 1.69. The number of hydrogen-bond donors (Lipinski definition) is 2. The van der Waals surface area contributed by atoms with Gasteiger partial charge in [-0.1, -0.05) is 11.3 Å².